The van der Waals surface area contributed by atoms with Crippen molar-refractivity contribution in [3.05, 3.63) is 42.2 Å². The lowest BCUT2D eigenvalue weighted by Gasteiger charge is -2.31. The Hall–Kier alpha value is -2.83. The molecular weight excluding hydrogens is 308 g/mol. The van der Waals surface area contributed by atoms with Gasteiger partial charge in [-0.2, -0.15) is 0 Å². The molecule has 3 amide bonds. The van der Waals surface area contributed by atoms with Gasteiger partial charge in [0.25, 0.3) is 0 Å². The summed E-state index contributed by atoms with van der Waals surface area (Å²) >= 11 is 0. The number of nitrogens with one attached hydrogen (secondary N) is 2. The summed E-state index contributed by atoms with van der Waals surface area (Å²) in [6.45, 7) is 2.77. The first-order chi connectivity index (χ1) is 11.6. The first kappa shape index (κ1) is 16.0. The van der Waals surface area contributed by atoms with Crippen molar-refractivity contribution in [2.24, 2.45) is 5.92 Å². The highest BCUT2D eigenvalue weighted by atomic mass is 16.5. The van der Waals surface area contributed by atoms with Crippen LogP contribution in [0.2, 0.25) is 0 Å². The number of piperidine rings is 1. The van der Waals surface area contributed by atoms with Crippen molar-refractivity contribution in [3.63, 3.8) is 0 Å². The second kappa shape index (κ2) is 7.16. The van der Waals surface area contributed by atoms with Gasteiger partial charge in [-0.1, -0.05) is 23.4 Å². The molecule has 0 spiro atoms. The Balaban J connectivity index is 1.57. The van der Waals surface area contributed by atoms with Crippen LogP contribution in [0.5, 0.6) is 0 Å². The van der Waals surface area contributed by atoms with E-state index in [1.165, 1.54) is 0 Å². The van der Waals surface area contributed by atoms with Gasteiger partial charge in [0, 0.05) is 24.8 Å². The van der Waals surface area contributed by atoms with E-state index in [4.69, 9.17) is 4.52 Å². The molecule has 1 saturated heterocycles. The molecule has 0 aliphatic carbocycles. The molecule has 0 bridgehead atoms. The summed E-state index contributed by atoms with van der Waals surface area (Å²) < 4.78 is 4.93. The monoisotopic (exact) mass is 328 g/mol. The van der Waals surface area contributed by atoms with Crippen LogP contribution in [0.25, 0.3) is 0 Å². The minimum Gasteiger partial charge on any atom is -0.360 e. The molecule has 0 radical (unpaired) electrons. The minimum atomic E-state index is -0.263. The van der Waals surface area contributed by atoms with Crippen LogP contribution in [-0.4, -0.2) is 35.1 Å². The van der Waals surface area contributed by atoms with E-state index in [2.05, 4.69) is 15.8 Å². The Bertz CT molecular complexity index is 714. The zero-order chi connectivity index (χ0) is 16.9. The molecule has 1 fully saturated rings. The summed E-state index contributed by atoms with van der Waals surface area (Å²) in [6.07, 6.45) is 1.56. The number of nitrogens with zero attached hydrogens (tertiary/aromatic N) is 2. The van der Waals surface area contributed by atoms with Crippen LogP contribution in [-0.2, 0) is 4.79 Å². The topological polar surface area (TPSA) is 87.5 Å². The van der Waals surface area contributed by atoms with Gasteiger partial charge in [0.05, 0.1) is 5.92 Å². The number of carbonyl (C=O) groups excluding carboxylic acids is 2. The molecular formula is C17H20N4O3. The molecule has 7 nitrogen and oxygen atoms in total. The van der Waals surface area contributed by atoms with E-state index < -0.39 is 0 Å². The first-order valence-electron chi connectivity index (χ1n) is 7.97. The van der Waals surface area contributed by atoms with Gasteiger partial charge in [0.1, 0.15) is 5.76 Å². The predicted octanol–water partition coefficient (Wildman–Crippen LogP) is 2.87. The molecule has 0 saturated carbocycles. The van der Waals surface area contributed by atoms with Crippen LogP contribution in [0, 0.1) is 12.8 Å². The third-order valence-corrected chi connectivity index (χ3v) is 3.98. The van der Waals surface area contributed by atoms with E-state index in [0.717, 1.165) is 18.5 Å². The van der Waals surface area contributed by atoms with E-state index in [1.54, 1.807) is 17.9 Å². The van der Waals surface area contributed by atoms with Gasteiger partial charge in [0.2, 0.25) is 5.91 Å². The average molecular weight is 328 g/mol. The quantitative estimate of drug-likeness (QED) is 0.907. The molecule has 2 N–H and O–H groups in total. The highest BCUT2D eigenvalue weighted by Gasteiger charge is 2.28. The van der Waals surface area contributed by atoms with E-state index >= 15 is 0 Å². The maximum atomic E-state index is 12.4. The zero-order valence-electron chi connectivity index (χ0n) is 13.5. The summed E-state index contributed by atoms with van der Waals surface area (Å²) in [5, 5.41) is 9.34. The summed E-state index contributed by atoms with van der Waals surface area (Å²) in [4.78, 5) is 26.3. The number of carbonyl (C=O) groups is 2. The Morgan fingerprint density at radius 2 is 2.04 bits per heavy atom. The third-order valence-electron chi connectivity index (χ3n) is 3.98. The Morgan fingerprint density at radius 3 is 2.75 bits per heavy atom. The molecule has 126 valence electrons. The standard InChI is InChI=1S/C17H20N4O3/c1-12-10-15(20-24-12)19-17(23)21-9-5-6-13(11-21)16(22)18-14-7-3-2-4-8-14/h2-4,7-8,10,13H,5-6,9,11H2,1H3,(H,18,22)(H,19,20,23). The molecule has 2 heterocycles. The van der Waals surface area contributed by atoms with Crippen LogP contribution in [0.4, 0.5) is 16.3 Å². The molecule has 2 aromatic rings. The third kappa shape index (κ3) is 3.92. The van der Waals surface area contributed by atoms with Gasteiger partial charge in [-0.15, -0.1) is 0 Å². The largest absolute Gasteiger partial charge is 0.360 e. The van der Waals surface area contributed by atoms with Crippen LogP contribution >= 0.6 is 0 Å². The van der Waals surface area contributed by atoms with Gasteiger partial charge < -0.3 is 14.7 Å². The van der Waals surface area contributed by atoms with Crippen molar-refractivity contribution < 1.29 is 14.1 Å². The molecule has 1 aliphatic heterocycles. The predicted molar refractivity (Wildman–Crippen MR) is 89.6 cm³/mol. The Kier molecular flexibility index (Phi) is 4.79. The highest BCUT2D eigenvalue weighted by Crippen LogP contribution is 2.20. The highest BCUT2D eigenvalue weighted by molar-refractivity contribution is 5.94. The number of benzene rings is 1. The van der Waals surface area contributed by atoms with Crippen LogP contribution in [0.3, 0.4) is 0 Å². The van der Waals surface area contributed by atoms with E-state index in [-0.39, 0.29) is 17.9 Å². The van der Waals surface area contributed by atoms with Crippen molar-refractivity contribution in [2.75, 3.05) is 23.7 Å². The number of hydrogen-bond acceptors (Lipinski definition) is 4. The first-order valence-corrected chi connectivity index (χ1v) is 7.97. The lowest BCUT2D eigenvalue weighted by molar-refractivity contribution is -0.121. The number of aryl methyl sites for hydroxylation is 1. The molecule has 3 rings (SSSR count). The molecule has 1 aliphatic rings. The van der Waals surface area contributed by atoms with Crippen molar-refractivity contribution in [3.8, 4) is 0 Å². The van der Waals surface area contributed by atoms with Crippen molar-refractivity contribution >= 4 is 23.4 Å². The number of hydrogen-bond donors (Lipinski definition) is 2. The fourth-order valence-corrected chi connectivity index (χ4v) is 2.76. The molecule has 1 atom stereocenters. The summed E-state index contributed by atoms with van der Waals surface area (Å²) in [6, 6.07) is 10.7. The number of anilines is 2. The Morgan fingerprint density at radius 1 is 1.25 bits per heavy atom. The van der Waals surface area contributed by atoms with Gasteiger partial charge >= 0.3 is 6.03 Å². The normalized spacial score (nSPS) is 17.4. The molecule has 7 heteroatoms. The van der Waals surface area contributed by atoms with Gasteiger partial charge in [0.15, 0.2) is 5.82 Å². The van der Waals surface area contributed by atoms with E-state index in [9.17, 15) is 9.59 Å². The van der Waals surface area contributed by atoms with Gasteiger partial charge in [-0.25, -0.2) is 4.79 Å². The van der Waals surface area contributed by atoms with Crippen LogP contribution in [0.1, 0.15) is 18.6 Å². The zero-order valence-corrected chi connectivity index (χ0v) is 13.5. The molecule has 24 heavy (non-hydrogen) atoms. The maximum Gasteiger partial charge on any atom is 0.323 e. The smallest absolute Gasteiger partial charge is 0.323 e. The fourth-order valence-electron chi connectivity index (χ4n) is 2.76. The SMILES string of the molecule is Cc1cc(NC(=O)N2CCCC(C(=O)Nc3ccccc3)C2)no1. The number of para-hydroxylation sites is 1. The number of rotatable bonds is 3. The van der Waals surface area contributed by atoms with E-state index in [0.29, 0.717) is 24.7 Å². The second-order valence-electron chi connectivity index (χ2n) is 5.89. The number of aromatic nitrogens is 1. The number of amides is 3. The summed E-state index contributed by atoms with van der Waals surface area (Å²) in [5.41, 5.74) is 0.766. The van der Waals surface area contributed by atoms with Crippen molar-refractivity contribution in [1.82, 2.24) is 10.1 Å². The second-order valence-corrected chi connectivity index (χ2v) is 5.89. The van der Waals surface area contributed by atoms with E-state index in [1.807, 2.05) is 30.3 Å². The maximum absolute atomic E-state index is 12.4. The molecule has 1 unspecified atom stereocenters. The lowest BCUT2D eigenvalue weighted by Crippen LogP contribution is -2.45. The van der Waals surface area contributed by atoms with Gasteiger partial charge in [-0.3, -0.25) is 10.1 Å². The number of likely N-dealkylation sites (tertiary alicyclic amines) is 1. The molecule has 1 aromatic heterocycles. The number of urea groups is 1. The van der Waals surface area contributed by atoms with Crippen LogP contribution in [0.15, 0.2) is 40.9 Å². The van der Waals surface area contributed by atoms with Crippen LogP contribution < -0.4 is 10.6 Å². The summed E-state index contributed by atoms with van der Waals surface area (Å²) in [5.74, 6) is 0.733. The Labute approximate surface area is 140 Å². The van der Waals surface area contributed by atoms with Crippen molar-refractivity contribution in [2.45, 2.75) is 19.8 Å². The molecule has 1 aromatic carbocycles. The van der Waals surface area contributed by atoms with Crippen molar-refractivity contribution in [1.29, 1.82) is 0 Å². The lowest BCUT2D eigenvalue weighted by atomic mass is 9.97. The fraction of sp³-hybridized carbons (Fsp3) is 0.353. The average Bonchev–Trinajstić information content (AvgIpc) is 3.00. The summed E-state index contributed by atoms with van der Waals surface area (Å²) in [7, 11) is 0. The van der Waals surface area contributed by atoms with Gasteiger partial charge in [-0.05, 0) is 31.9 Å². The minimum absolute atomic E-state index is 0.0593.